The lowest BCUT2D eigenvalue weighted by Gasteiger charge is -2.23. The van der Waals surface area contributed by atoms with Gasteiger partial charge in [-0.05, 0) is 37.5 Å². The summed E-state index contributed by atoms with van der Waals surface area (Å²) in [5.41, 5.74) is -0.855. The number of nitrogens with one attached hydrogen (secondary N) is 3. The lowest BCUT2D eigenvalue weighted by Crippen LogP contribution is -2.39. The molecule has 4 rings (SSSR count). The van der Waals surface area contributed by atoms with Gasteiger partial charge in [-0.2, -0.15) is 4.31 Å². The molecule has 2 aliphatic heterocycles. The molecule has 9 heteroatoms. The van der Waals surface area contributed by atoms with Crippen molar-refractivity contribution in [2.75, 3.05) is 13.1 Å². The van der Waals surface area contributed by atoms with Crippen LogP contribution in [0, 0.1) is 0 Å². The minimum atomic E-state index is -3.64. The van der Waals surface area contributed by atoms with E-state index in [0.29, 0.717) is 30.2 Å². The molecule has 1 aromatic heterocycles. The van der Waals surface area contributed by atoms with Crippen molar-refractivity contribution in [2.45, 2.75) is 36.2 Å². The zero-order valence-corrected chi connectivity index (χ0v) is 13.7. The van der Waals surface area contributed by atoms with Gasteiger partial charge in [-0.25, -0.2) is 8.42 Å². The molecule has 0 radical (unpaired) electrons. The van der Waals surface area contributed by atoms with E-state index in [0.717, 1.165) is 19.3 Å². The van der Waals surface area contributed by atoms with Crippen molar-refractivity contribution in [3.05, 3.63) is 38.9 Å². The molecular formula is C15H18N4O4S. The standard InChI is InChI=1S/C15H18N4O4S/c20-14-15(21)18-13-7-11(3-4-12(13)17-14)24(22,23)19-6-5-9-1-2-10(8-19)16-9/h3-4,7,9-10,16H,1-2,5-6,8H2,(H,17,20)(H,18,21)/t9-,10+/m1/s1. The fourth-order valence-electron chi connectivity index (χ4n) is 3.53. The number of nitrogens with zero attached hydrogens (tertiary/aromatic N) is 1. The quantitative estimate of drug-likeness (QED) is 0.645. The molecule has 0 aliphatic carbocycles. The summed E-state index contributed by atoms with van der Waals surface area (Å²) in [5, 5.41) is 3.46. The monoisotopic (exact) mass is 350 g/mol. The molecule has 2 saturated heterocycles. The van der Waals surface area contributed by atoms with Crippen molar-refractivity contribution < 1.29 is 8.42 Å². The summed E-state index contributed by atoms with van der Waals surface area (Å²) in [7, 11) is -3.64. The fourth-order valence-corrected chi connectivity index (χ4v) is 5.06. The number of H-pyrrole nitrogens is 2. The van der Waals surface area contributed by atoms with Crippen molar-refractivity contribution in [3.8, 4) is 0 Å². The average Bonchev–Trinajstić information content (AvgIpc) is 2.86. The van der Waals surface area contributed by atoms with Gasteiger partial charge in [0, 0.05) is 25.2 Å². The molecule has 8 nitrogen and oxygen atoms in total. The van der Waals surface area contributed by atoms with Crippen LogP contribution >= 0.6 is 0 Å². The highest BCUT2D eigenvalue weighted by Gasteiger charge is 2.35. The third kappa shape index (κ3) is 2.58. The Morgan fingerprint density at radius 1 is 0.958 bits per heavy atom. The molecule has 24 heavy (non-hydrogen) atoms. The second kappa shape index (κ2) is 5.54. The first-order chi connectivity index (χ1) is 11.4. The second-order valence-electron chi connectivity index (χ2n) is 6.41. The molecule has 0 spiro atoms. The lowest BCUT2D eigenvalue weighted by molar-refractivity contribution is 0.383. The van der Waals surface area contributed by atoms with Crippen molar-refractivity contribution in [2.24, 2.45) is 0 Å². The maximum Gasteiger partial charge on any atom is 0.314 e. The normalized spacial score (nSPS) is 25.0. The van der Waals surface area contributed by atoms with Crippen LogP contribution in [0.3, 0.4) is 0 Å². The van der Waals surface area contributed by atoms with Crippen molar-refractivity contribution in [1.29, 1.82) is 0 Å². The smallest absolute Gasteiger partial charge is 0.314 e. The molecule has 0 amide bonds. The molecule has 2 bridgehead atoms. The summed E-state index contributed by atoms with van der Waals surface area (Å²) >= 11 is 0. The van der Waals surface area contributed by atoms with Crippen molar-refractivity contribution >= 4 is 21.1 Å². The molecule has 0 unspecified atom stereocenters. The van der Waals surface area contributed by atoms with Gasteiger partial charge < -0.3 is 15.3 Å². The Labute approximate surface area is 137 Å². The van der Waals surface area contributed by atoms with Crippen molar-refractivity contribution in [1.82, 2.24) is 19.6 Å². The first-order valence-corrected chi connectivity index (χ1v) is 9.40. The molecule has 3 N–H and O–H groups in total. The minimum absolute atomic E-state index is 0.121. The van der Waals surface area contributed by atoms with Gasteiger partial charge in [-0.15, -0.1) is 0 Å². The van der Waals surface area contributed by atoms with Crippen LogP contribution in [-0.4, -0.2) is 47.9 Å². The average molecular weight is 350 g/mol. The first-order valence-electron chi connectivity index (χ1n) is 7.96. The fraction of sp³-hybridized carbons (Fsp3) is 0.467. The summed E-state index contributed by atoms with van der Waals surface area (Å²) in [6, 6.07) is 4.96. The Bertz CT molecular complexity index is 1010. The summed E-state index contributed by atoms with van der Waals surface area (Å²) in [6.45, 7) is 0.940. The van der Waals surface area contributed by atoms with Gasteiger partial charge in [-0.3, -0.25) is 9.59 Å². The van der Waals surface area contributed by atoms with Crippen LogP contribution in [0.4, 0.5) is 0 Å². The summed E-state index contributed by atoms with van der Waals surface area (Å²) in [6.07, 6.45) is 2.89. The number of hydrogen-bond donors (Lipinski definition) is 3. The first kappa shape index (κ1) is 15.6. The molecule has 0 saturated carbocycles. The molecular weight excluding hydrogens is 332 g/mol. The number of sulfonamides is 1. The Morgan fingerprint density at radius 2 is 1.67 bits per heavy atom. The number of hydrogen-bond acceptors (Lipinski definition) is 5. The number of fused-ring (bicyclic) bond motifs is 3. The zero-order valence-electron chi connectivity index (χ0n) is 12.9. The highest BCUT2D eigenvalue weighted by Crippen LogP contribution is 2.25. The third-order valence-electron chi connectivity index (χ3n) is 4.82. The maximum atomic E-state index is 12.9. The number of aromatic nitrogens is 2. The summed E-state index contributed by atoms with van der Waals surface area (Å²) in [5.74, 6) is 0. The third-order valence-corrected chi connectivity index (χ3v) is 6.68. The van der Waals surface area contributed by atoms with Gasteiger partial charge in [0.1, 0.15) is 0 Å². The topological polar surface area (TPSA) is 115 Å². The Balaban J connectivity index is 1.73. The molecule has 2 atom stereocenters. The van der Waals surface area contributed by atoms with E-state index in [2.05, 4.69) is 15.3 Å². The SMILES string of the molecule is O=c1[nH]c2ccc(S(=O)(=O)N3CC[C@H]4CC[C@@H](C3)N4)cc2[nH]c1=O. The predicted molar refractivity (Wildman–Crippen MR) is 88.5 cm³/mol. The predicted octanol–water partition coefficient (Wildman–Crippen LogP) is -0.269. The van der Waals surface area contributed by atoms with E-state index in [-0.39, 0.29) is 10.9 Å². The zero-order chi connectivity index (χ0) is 16.9. The minimum Gasteiger partial charge on any atom is -0.316 e. The van der Waals surface area contributed by atoms with Crippen LogP contribution < -0.4 is 16.4 Å². The van der Waals surface area contributed by atoms with E-state index in [1.165, 1.54) is 22.5 Å². The number of benzene rings is 1. The van der Waals surface area contributed by atoms with Crippen LogP contribution in [0.5, 0.6) is 0 Å². The van der Waals surface area contributed by atoms with Crippen LogP contribution in [0.1, 0.15) is 19.3 Å². The molecule has 3 heterocycles. The molecule has 128 valence electrons. The highest BCUT2D eigenvalue weighted by molar-refractivity contribution is 7.89. The maximum absolute atomic E-state index is 12.9. The van der Waals surface area contributed by atoms with Crippen LogP contribution in [0.15, 0.2) is 32.7 Å². The van der Waals surface area contributed by atoms with E-state index in [9.17, 15) is 18.0 Å². The number of aromatic amines is 2. The van der Waals surface area contributed by atoms with E-state index >= 15 is 0 Å². The summed E-state index contributed by atoms with van der Waals surface area (Å²) in [4.78, 5) is 27.8. The van der Waals surface area contributed by atoms with Gasteiger partial charge >= 0.3 is 11.1 Å². The van der Waals surface area contributed by atoms with Gasteiger partial charge in [0.15, 0.2) is 0 Å². The Hall–Kier alpha value is -1.97. The van der Waals surface area contributed by atoms with E-state index < -0.39 is 21.1 Å². The van der Waals surface area contributed by atoms with Gasteiger partial charge in [0.2, 0.25) is 10.0 Å². The van der Waals surface area contributed by atoms with Crippen molar-refractivity contribution in [3.63, 3.8) is 0 Å². The molecule has 2 aliphatic rings. The highest BCUT2D eigenvalue weighted by atomic mass is 32.2. The van der Waals surface area contributed by atoms with E-state index in [1.54, 1.807) is 0 Å². The van der Waals surface area contributed by atoms with Crippen LogP contribution in [-0.2, 0) is 10.0 Å². The van der Waals surface area contributed by atoms with Gasteiger partial charge in [-0.1, -0.05) is 0 Å². The summed E-state index contributed by atoms with van der Waals surface area (Å²) < 4.78 is 27.4. The molecule has 1 aromatic carbocycles. The molecule has 2 fully saturated rings. The second-order valence-corrected chi connectivity index (χ2v) is 8.34. The van der Waals surface area contributed by atoms with Gasteiger partial charge in [0.25, 0.3) is 0 Å². The number of rotatable bonds is 2. The Morgan fingerprint density at radius 3 is 2.46 bits per heavy atom. The Kier molecular flexibility index (Phi) is 3.59. The van der Waals surface area contributed by atoms with E-state index in [4.69, 9.17) is 0 Å². The van der Waals surface area contributed by atoms with Crippen LogP contribution in [0.25, 0.3) is 11.0 Å². The lowest BCUT2D eigenvalue weighted by atomic mass is 10.1. The van der Waals surface area contributed by atoms with Gasteiger partial charge in [0.05, 0.1) is 15.9 Å². The van der Waals surface area contributed by atoms with E-state index in [1.807, 2.05) is 0 Å². The molecule has 2 aromatic rings. The van der Waals surface area contributed by atoms with Crippen LogP contribution in [0.2, 0.25) is 0 Å². The largest absolute Gasteiger partial charge is 0.316 e.